The van der Waals surface area contributed by atoms with Crippen molar-refractivity contribution in [3.63, 3.8) is 0 Å². The SMILES string of the molecule is Cc1c(Nc2ccc(Cl)c(Cl)c2)cncc1C(=O)N1CCC(N[C@@H]2CCOC[C@@H]2C)CC1. The summed E-state index contributed by atoms with van der Waals surface area (Å²) in [6, 6.07) is 6.30. The van der Waals surface area contributed by atoms with Crippen molar-refractivity contribution in [3.8, 4) is 0 Å². The minimum Gasteiger partial charge on any atom is -0.381 e. The zero-order chi connectivity index (χ0) is 22.7. The van der Waals surface area contributed by atoms with Crippen LogP contribution in [0.15, 0.2) is 30.6 Å². The molecule has 2 saturated heterocycles. The number of pyridine rings is 1. The van der Waals surface area contributed by atoms with E-state index < -0.39 is 0 Å². The highest BCUT2D eigenvalue weighted by Crippen LogP contribution is 2.29. The van der Waals surface area contributed by atoms with Gasteiger partial charge >= 0.3 is 0 Å². The monoisotopic (exact) mass is 476 g/mol. The Balaban J connectivity index is 1.38. The highest BCUT2D eigenvalue weighted by atomic mass is 35.5. The van der Waals surface area contributed by atoms with Gasteiger partial charge in [-0.3, -0.25) is 9.78 Å². The molecule has 1 aromatic carbocycles. The fourth-order valence-electron chi connectivity index (χ4n) is 4.45. The van der Waals surface area contributed by atoms with E-state index in [1.54, 1.807) is 24.5 Å². The third kappa shape index (κ3) is 5.37. The summed E-state index contributed by atoms with van der Waals surface area (Å²) in [6.45, 7) is 7.34. The van der Waals surface area contributed by atoms with Crippen LogP contribution in [0.2, 0.25) is 10.0 Å². The first-order valence-electron chi connectivity index (χ1n) is 11.2. The van der Waals surface area contributed by atoms with Crippen molar-refractivity contribution >= 4 is 40.5 Å². The van der Waals surface area contributed by atoms with E-state index in [1.807, 2.05) is 17.9 Å². The minimum absolute atomic E-state index is 0.0330. The van der Waals surface area contributed by atoms with Gasteiger partial charge in [-0.15, -0.1) is 0 Å². The van der Waals surface area contributed by atoms with Gasteiger partial charge in [0.15, 0.2) is 0 Å². The molecule has 0 radical (unpaired) electrons. The van der Waals surface area contributed by atoms with Crippen LogP contribution in [0, 0.1) is 12.8 Å². The van der Waals surface area contributed by atoms with Crippen LogP contribution in [0.4, 0.5) is 11.4 Å². The molecular formula is C24H30Cl2N4O2. The first-order chi connectivity index (χ1) is 15.4. The Labute approximate surface area is 199 Å². The molecule has 0 spiro atoms. The van der Waals surface area contributed by atoms with E-state index >= 15 is 0 Å². The number of hydrogen-bond acceptors (Lipinski definition) is 5. The summed E-state index contributed by atoms with van der Waals surface area (Å²) in [6.07, 6.45) is 6.36. The summed E-state index contributed by atoms with van der Waals surface area (Å²) in [7, 11) is 0. The van der Waals surface area contributed by atoms with Crippen LogP contribution < -0.4 is 10.6 Å². The largest absolute Gasteiger partial charge is 0.381 e. The maximum atomic E-state index is 13.3. The van der Waals surface area contributed by atoms with Gasteiger partial charge in [0.05, 0.1) is 34.1 Å². The van der Waals surface area contributed by atoms with Crippen LogP contribution in [0.1, 0.15) is 42.1 Å². The van der Waals surface area contributed by atoms with Crippen LogP contribution in [0.5, 0.6) is 0 Å². The second kappa shape index (κ2) is 10.4. The van der Waals surface area contributed by atoms with Gasteiger partial charge in [0.25, 0.3) is 5.91 Å². The minimum atomic E-state index is 0.0330. The van der Waals surface area contributed by atoms with E-state index in [9.17, 15) is 4.79 Å². The van der Waals surface area contributed by atoms with Crippen LogP contribution >= 0.6 is 23.2 Å². The number of carbonyl (C=O) groups is 1. The maximum Gasteiger partial charge on any atom is 0.255 e. The number of nitrogens with one attached hydrogen (secondary N) is 2. The lowest BCUT2D eigenvalue weighted by Crippen LogP contribution is -2.51. The Bertz CT molecular complexity index is 963. The molecule has 2 atom stereocenters. The van der Waals surface area contributed by atoms with E-state index in [0.29, 0.717) is 33.6 Å². The van der Waals surface area contributed by atoms with Crippen molar-refractivity contribution in [2.45, 2.75) is 45.2 Å². The first kappa shape index (κ1) is 23.3. The molecule has 8 heteroatoms. The van der Waals surface area contributed by atoms with Crippen molar-refractivity contribution < 1.29 is 9.53 Å². The van der Waals surface area contributed by atoms with Crippen LogP contribution in [-0.4, -0.2) is 54.2 Å². The van der Waals surface area contributed by atoms with Crippen molar-refractivity contribution in [2.24, 2.45) is 5.92 Å². The van der Waals surface area contributed by atoms with Gasteiger partial charge in [-0.25, -0.2) is 0 Å². The van der Waals surface area contributed by atoms with Gasteiger partial charge < -0.3 is 20.3 Å². The van der Waals surface area contributed by atoms with Gasteiger partial charge in [-0.1, -0.05) is 30.1 Å². The zero-order valence-corrected chi connectivity index (χ0v) is 20.0. The lowest BCUT2D eigenvalue weighted by Gasteiger charge is -2.37. The number of rotatable bonds is 5. The molecule has 0 unspecified atom stereocenters. The number of carbonyl (C=O) groups excluding carboxylic acids is 1. The number of likely N-dealkylation sites (tertiary alicyclic amines) is 1. The average molecular weight is 477 g/mol. The van der Waals surface area contributed by atoms with E-state index in [0.717, 1.165) is 62.5 Å². The predicted octanol–water partition coefficient (Wildman–Crippen LogP) is 5.06. The standard InChI is InChI=1S/C24H30Cl2N4O2/c1-15-14-32-10-7-22(15)28-17-5-8-30(9-6-17)24(31)19-12-27-13-23(16(19)2)29-18-3-4-20(25)21(26)11-18/h3-4,11-13,15,17,22,28-29H,5-10,14H2,1-2H3/t15-,22+/m0/s1. The summed E-state index contributed by atoms with van der Waals surface area (Å²) in [5, 5.41) is 8.07. The van der Waals surface area contributed by atoms with Gasteiger partial charge in [-0.05, 0) is 55.9 Å². The number of aromatic nitrogens is 1. The molecule has 2 aliphatic rings. The Hall–Kier alpha value is -1.86. The first-order valence-corrected chi connectivity index (χ1v) is 12.0. The maximum absolute atomic E-state index is 13.3. The van der Waals surface area contributed by atoms with E-state index in [2.05, 4.69) is 22.5 Å². The summed E-state index contributed by atoms with van der Waals surface area (Å²) >= 11 is 12.1. The molecule has 1 amide bonds. The molecule has 2 N–H and O–H groups in total. The van der Waals surface area contributed by atoms with Crippen molar-refractivity contribution in [1.29, 1.82) is 0 Å². The molecule has 6 nitrogen and oxygen atoms in total. The third-order valence-corrected chi connectivity index (χ3v) is 7.26. The van der Waals surface area contributed by atoms with Crippen LogP contribution in [0.3, 0.4) is 0 Å². The third-order valence-electron chi connectivity index (χ3n) is 6.52. The second-order valence-electron chi connectivity index (χ2n) is 8.79. The van der Waals surface area contributed by atoms with Crippen LogP contribution in [0.25, 0.3) is 0 Å². The zero-order valence-electron chi connectivity index (χ0n) is 18.5. The number of benzene rings is 1. The summed E-state index contributed by atoms with van der Waals surface area (Å²) in [4.78, 5) is 19.5. The predicted molar refractivity (Wildman–Crippen MR) is 129 cm³/mol. The van der Waals surface area contributed by atoms with Gasteiger partial charge in [0.1, 0.15) is 0 Å². The molecule has 172 valence electrons. The molecule has 1 aromatic heterocycles. The second-order valence-corrected chi connectivity index (χ2v) is 9.61. The molecule has 0 saturated carbocycles. The van der Waals surface area contributed by atoms with Gasteiger partial charge in [0, 0.05) is 43.7 Å². The Morgan fingerprint density at radius 1 is 1.16 bits per heavy atom. The Kier molecular flexibility index (Phi) is 7.56. The number of ether oxygens (including phenoxy) is 1. The molecule has 4 rings (SSSR count). The topological polar surface area (TPSA) is 66.5 Å². The normalized spacial score (nSPS) is 22.1. The highest BCUT2D eigenvalue weighted by Gasteiger charge is 2.29. The number of hydrogen-bond donors (Lipinski definition) is 2. The summed E-state index contributed by atoms with van der Waals surface area (Å²) in [5.74, 6) is 0.563. The quantitative estimate of drug-likeness (QED) is 0.630. The molecule has 3 heterocycles. The molecule has 2 aromatic rings. The molecule has 2 aliphatic heterocycles. The molecule has 0 bridgehead atoms. The number of halogens is 2. The molecular weight excluding hydrogens is 447 g/mol. The summed E-state index contributed by atoms with van der Waals surface area (Å²) in [5.41, 5.74) is 3.06. The number of anilines is 2. The number of piperidine rings is 1. The number of nitrogens with zero attached hydrogens (tertiary/aromatic N) is 2. The Morgan fingerprint density at radius 3 is 2.66 bits per heavy atom. The molecule has 2 fully saturated rings. The lowest BCUT2D eigenvalue weighted by atomic mass is 9.94. The molecule has 0 aliphatic carbocycles. The van der Waals surface area contributed by atoms with Crippen molar-refractivity contribution in [1.82, 2.24) is 15.2 Å². The summed E-state index contributed by atoms with van der Waals surface area (Å²) < 4.78 is 5.55. The highest BCUT2D eigenvalue weighted by molar-refractivity contribution is 6.42. The van der Waals surface area contributed by atoms with Gasteiger partial charge in [-0.2, -0.15) is 0 Å². The smallest absolute Gasteiger partial charge is 0.255 e. The van der Waals surface area contributed by atoms with E-state index in [1.165, 1.54) is 0 Å². The van der Waals surface area contributed by atoms with E-state index in [4.69, 9.17) is 27.9 Å². The number of amides is 1. The van der Waals surface area contributed by atoms with Crippen LogP contribution in [-0.2, 0) is 4.74 Å². The molecule has 32 heavy (non-hydrogen) atoms. The van der Waals surface area contributed by atoms with Gasteiger partial charge in [0.2, 0.25) is 0 Å². The fourth-order valence-corrected chi connectivity index (χ4v) is 4.74. The fraction of sp³-hybridized carbons (Fsp3) is 0.500. The van der Waals surface area contributed by atoms with Crippen molar-refractivity contribution in [3.05, 3.63) is 51.8 Å². The average Bonchev–Trinajstić information content (AvgIpc) is 2.79. The van der Waals surface area contributed by atoms with E-state index in [-0.39, 0.29) is 5.91 Å². The van der Waals surface area contributed by atoms with Crippen molar-refractivity contribution in [2.75, 3.05) is 31.6 Å². The Morgan fingerprint density at radius 2 is 1.94 bits per heavy atom. The lowest BCUT2D eigenvalue weighted by molar-refractivity contribution is 0.0322.